The summed E-state index contributed by atoms with van der Waals surface area (Å²) in [5, 5.41) is 3.64. The number of halogens is 1. The highest BCUT2D eigenvalue weighted by molar-refractivity contribution is 6.30. The minimum Gasteiger partial charge on any atom is -0.338 e. The maximum Gasteiger partial charge on any atom is 0.253 e. The van der Waals surface area contributed by atoms with E-state index in [1.807, 2.05) is 32.0 Å². The van der Waals surface area contributed by atoms with Gasteiger partial charge in [-0.2, -0.15) is 0 Å². The molecule has 1 aliphatic heterocycles. The zero-order valence-corrected chi connectivity index (χ0v) is 15.8. The van der Waals surface area contributed by atoms with Gasteiger partial charge >= 0.3 is 0 Å². The first-order valence-electron chi connectivity index (χ1n) is 8.87. The first-order chi connectivity index (χ1) is 12.4. The van der Waals surface area contributed by atoms with E-state index in [-0.39, 0.29) is 17.7 Å². The van der Waals surface area contributed by atoms with Crippen molar-refractivity contribution in [3.63, 3.8) is 0 Å². The highest BCUT2D eigenvalue weighted by Gasteiger charge is 2.29. The van der Waals surface area contributed by atoms with Gasteiger partial charge in [-0.3, -0.25) is 9.59 Å². The van der Waals surface area contributed by atoms with E-state index in [1.165, 1.54) is 0 Å². The van der Waals surface area contributed by atoms with Gasteiger partial charge < -0.3 is 10.2 Å². The Balaban J connectivity index is 1.67. The highest BCUT2D eigenvalue weighted by atomic mass is 35.5. The summed E-state index contributed by atoms with van der Waals surface area (Å²) in [5.41, 5.74) is 3.59. The van der Waals surface area contributed by atoms with E-state index in [9.17, 15) is 9.59 Å². The average molecular weight is 371 g/mol. The second kappa shape index (κ2) is 7.92. The van der Waals surface area contributed by atoms with Crippen LogP contribution in [0.25, 0.3) is 0 Å². The van der Waals surface area contributed by atoms with Crippen molar-refractivity contribution in [2.75, 3.05) is 18.4 Å². The number of aryl methyl sites for hydroxylation is 2. The molecule has 2 amide bonds. The van der Waals surface area contributed by atoms with Crippen LogP contribution < -0.4 is 5.32 Å². The molecule has 1 saturated heterocycles. The van der Waals surface area contributed by atoms with Crippen LogP contribution in [0.5, 0.6) is 0 Å². The van der Waals surface area contributed by atoms with Crippen molar-refractivity contribution in [2.24, 2.45) is 5.92 Å². The number of nitrogens with zero attached hydrogens (tertiary/aromatic N) is 1. The van der Waals surface area contributed by atoms with Gasteiger partial charge in [0.15, 0.2) is 0 Å². The second-order valence-corrected chi connectivity index (χ2v) is 7.34. The summed E-state index contributed by atoms with van der Waals surface area (Å²) in [6, 6.07) is 12.9. The molecule has 5 heteroatoms. The fourth-order valence-electron chi connectivity index (χ4n) is 3.26. The van der Waals surface area contributed by atoms with Gasteiger partial charge in [0.25, 0.3) is 5.91 Å². The predicted octanol–water partition coefficient (Wildman–Crippen LogP) is 4.45. The number of carbonyl (C=O) groups excluding carboxylic acids is 2. The molecule has 3 rings (SSSR count). The van der Waals surface area contributed by atoms with E-state index < -0.39 is 0 Å². The lowest BCUT2D eigenvalue weighted by atomic mass is 9.96. The molecule has 1 fully saturated rings. The van der Waals surface area contributed by atoms with Crippen molar-refractivity contribution >= 4 is 29.1 Å². The zero-order chi connectivity index (χ0) is 18.7. The Labute approximate surface area is 159 Å². The van der Waals surface area contributed by atoms with Crippen molar-refractivity contribution in [2.45, 2.75) is 26.7 Å². The summed E-state index contributed by atoms with van der Waals surface area (Å²) in [5.74, 6) is -0.266. The van der Waals surface area contributed by atoms with Crippen molar-refractivity contribution in [1.82, 2.24) is 4.90 Å². The SMILES string of the molecule is Cc1ccc(C)c(NC(=O)[C@H]2CCCN(C(=O)c3ccc(Cl)cc3)C2)c1. The van der Waals surface area contributed by atoms with Gasteiger partial charge in [-0.25, -0.2) is 0 Å². The van der Waals surface area contributed by atoms with Crippen molar-refractivity contribution in [3.05, 3.63) is 64.2 Å². The topological polar surface area (TPSA) is 49.4 Å². The Hall–Kier alpha value is -2.33. The summed E-state index contributed by atoms with van der Waals surface area (Å²) in [6.07, 6.45) is 1.62. The Bertz CT molecular complexity index is 817. The molecule has 0 bridgehead atoms. The summed E-state index contributed by atoms with van der Waals surface area (Å²) in [7, 11) is 0. The van der Waals surface area contributed by atoms with Crippen molar-refractivity contribution in [1.29, 1.82) is 0 Å². The molecule has 2 aromatic carbocycles. The molecular weight excluding hydrogens is 348 g/mol. The molecule has 0 aliphatic carbocycles. The maximum atomic E-state index is 12.7. The molecule has 0 unspecified atom stereocenters. The third kappa shape index (κ3) is 4.25. The molecule has 2 aromatic rings. The van der Waals surface area contributed by atoms with Crippen LogP contribution in [0.3, 0.4) is 0 Å². The van der Waals surface area contributed by atoms with Gasteiger partial charge in [-0.05, 0) is 68.1 Å². The highest BCUT2D eigenvalue weighted by Crippen LogP contribution is 2.23. The first-order valence-corrected chi connectivity index (χ1v) is 9.25. The molecule has 0 aromatic heterocycles. The van der Waals surface area contributed by atoms with Gasteiger partial charge in [0, 0.05) is 29.4 Å². The van der Waals surface area contributed by atoms with Gasteiger partial charge in [0.05, 0.1) is 5.92 Å². The molecule has 0 radical (unpaired) electrons. The molecule has 4 nitrogen and oxygen atoms in total. The van der Waals surface area contributed by atoms with Crippen LogP contribution in [0.2, 0.25) is 5.02 Å². The summed E-state index contributed by atoms with van der Waals surface area (Å²) in [4.78, 5) is 27.2. The molecular formula is C21H23ClN2O2. The van der Waals surface area contributed by atoms with Crippen LogP contribution in [-0.4, -0.2) is 29.8 Å². The van der Waals surface area contributed by atoms with Crippen LogP contribution >= 0.6 is 11.6 Å². The Morgan fingerprint density at radius 3 is 2.58 bits per heavy atom. The molecule has 0 spiro atoms. The molecule has 0 saturated carbocycles. The van der Waals surface area contributed by atoms with Crippen molar-refractivity contribution < 1.29 is 9.59 Å². The van der Waals surface area contributed by atoms with Crippen LogP contribution in [0.1, 0.15) is 34.3 Å². The standard InChI is InChI=1S/C21H23ClN2O2/c1-14-5-6-15(2)19(12-14)23-20(25)17-4-3-11-24(13-17)21(26)16-7-9-18(22)10-8-16/h5-10,12,17H,3-4,11,13H2,1-2H3,(H,23,25)/t17-/m0/s1. The average Bonchev–Trinajstić information content (AvgIpc) is 2.65. The third-order valence-electron chi connectivity index (χ3n) is 4.82. The molecule has 1 aliphatic rings. The smallest absolute Gasteiger partial charge is 0.253 e. The fraction of sp³-hybridized carbons (Fsp3) is 0.333. The number of carbonyl (C=O) groups is 2. The van der Waals surface area contributed by atoms with E-state index in [0.29, 0.717) is 23.7 Å². The number of amides is 2. The molecule has 26 heavy (non-hydrogen) atoms. The van der Waals surface area contributed by atoms with E-state index in [4.69, 9.17) is 11.6 Å². The van der Waals surface area contributed by atoms with Crippen LogP contribution in [0.15, 0.2) is 42.5 Å². The van der Waals surface area contributed by atoms with Gasteiger partial charge in [-0.1, -0.05) is 23.7 Å². The number of nitrogens with one attached hydrogen (secondary N) is 1. The van der Waals surface area contributed by atoms with Gasteiger partial charge in [-0.15, -0.1) is 0 Å². The molecule has 136 valence electrons. The number of benzene rings is 2. The van der Waals surface area contributed by atoms with Gasteiger partial charge in [0.2, 0.25) is 5.91 Å². The van der Waals surface area contributed by atoms with Crippen LogP contribution in [0.4, 0.5) is 5.69 Å². The normalized spacial score (nSPS) is 17.0. The lowest BCUT2D eigenvalue weighted by molar-refractivity contribution is -0.121. The first kappa shape index (κ1) is 18.5. The lowest BCUT2D eigenvalue weighted by Crippen LogP contribution is -2.43. The Morgan fingerprint density at radius 2 is 1.85 bits per heavy atom. The third-order valence-corrected chi connectivity index (χ3v) is 5.07. The van der Waals surface area contributed by atoms with E-state index >= 15 is 0 Å². The Kier molecular flexibility index (Phi) is 5.62. The monoisotopic (exact) mass is 370 g/mol. The van der Waals surface area contributed by atoms with Crippen LogP contribution in [-0.2, 0) is 4.79 Å². The van der Waals surface area contributed by atoms with E-state index in [2.05, 4.69) is 5.32 Å². The molecule has 1 N–H and O–H groups in total. The molecule has 1 heterocycles. The number of hydrogen-bond donors (Lipinski definition) is 1. The van der Waals surface area contributed by atoms with Gasteiger partial charge in [0.1, 0.15) is 0 Å². The summed E-state index contributed by atoms with van der Waals surface area (Å²) >= 11 is 5.89. The fourth-order valence-corrected chi connectivity index (χ4v) is 3.38. The maximum absolute atomic E-state index is 12.7. The number of piperidine rings is 1. The summed E-state index contributed by atoms with van der Waals surface area (Å²) < 4.78 is 0. The quantitative estimate of drug-likeness (QED) is 0.867. The van der Waals surface area contributed by atoms with Crippen molar-refractivity contribution in [3.8, 4) is 0 Å². The minimum absolute atomic E-state index is 0.0210. The lowest BCUT2D eigenvalue weighted by Gasteiger charge is -2.32. The van der Waals surface area contributed by atoms with E-state index in [0.717, 1.165) is 29.7 Å². The molecule has 1 atom stereocenters. The van der Waals surface area contributed by atoms with E-state index in [1.54, 1.807) is 29.2 Å². The zero-order valence-electron chi connectivity index (χ0n) is 15.1. The Morgan fingerprint density at radius 1 is 1.12 bits per heavy atom. The second-order valence-electron chi connectivity index (χ2n) is 6.90. The van der Waals surface area contributed by atoms with Crippen LogP contribution in [0, 0.1) is 19.8 Å². The largest absolute Gasteiger partial charge is 0.338 e. The minimum atomic E-state index is -0.195. The predicted molar refractivity (Wildman–Crippen MR) is 105 cm³/mol. The number of hydrogen-bond acceptors (Lipinski definition) is 2. The summed E-state index contributed by atoms with van der Waals surface area (Å²) in [6.45, 7) is 5.10. The number of rotatable bonds is 3. The number of anilines is 1. The number of likely N-dealkylation sites (tertiary alicyclic amines) is 1.